The summed E-state index contributed by atoms with van der Waals surface area (Å²) in [5, 5.41) is 72.1. The van der Waals surface area contributed by atoms with Crippen LogP contribution in [0.3, 0.4) is 0 Å². The SMILES string of the molecule is CCCC/C=C/CCCCCCCCCCCC(=O)OC[C@H](CO[C@@H]1O[C@H](CO[C@@H]2O[C@H](CO)[C@H](O)C(O)C2O)[C@H](O)C(O)C1O)OC(=O)CCCCCCCCC/C=C/CCCCCC. The number of carbonyl (C=O) groups is 2. The Morgan fingerprint density at radius 1 is 0.470 bits per heavy atom. The molecule has 0 aromatic rings. The summed E-state index contributed by atoms with van der Waals surface area (Å²) in [6.45, 7) is 2.55. The van der Waals surface area contributed by atoms with Gasteiger partial charge in [-0.15, -0.1) is 0 Å². The highest BCUT2D eigenvalue weighted by Crippen LogP contribution is 2.26. The maximum Gasteiger partial charge on any atom is 0.306 e. The lowest BCUT2D eigenvalue weighted by molar-refractivity contribution is -0.332. The van der Waals surface area contributed by atoms with E-state index in [0.29, 0.717) is 12.8 Å². The van der Waals surface area contributed by atoms with Gasteiger partial charge >= 0.3 is 11.9 Å². The highest BCUT2D eigenvalue weighted by atomic mass is 16.7. The average molecular weight is 945 g/mol. The van der Waals surface area contributed by atoms with Gasteiger partial charge in [0, 0.05) is 12.8 Å². The summed E-state index contributed by atoms with van der Waals surface area (Å²) in [5.41, 5.74) is 0. The number of unbranched alkanes of at least 4 members (excludes halogenated alkanes) is 22. The van der Waals surface area contributed by atoms with Crippen molar-refractivity contribution in [3.63, 3.8) is 0 Å². The largest absolute Gasteiger partial charge is 0.462 e. The third-order valence-corrected chi connectivity index (χ3v) is 12.4. The van der Waals surface area contributed by atoms with Gasteiger partial charge in [-0.2, -0.15) is 0 Å². The van der Waals surface area contributed by atoms with Crippen LogP contribution in [0.1, 0.15) is 194 Å². The Hall–Kier alpha value is -2.02. The van der Waals surface area contributed by atoms with E-state index in [1.807, 2.05) is 0 Å². The van der Waals surface area contributed by atoms with E-state index in [2.05, 4.69) is 38.2 Å². The summed E-state index contributed by atoms with van der Waals surface area (Å²) in [5.74, 6) is -0.928. The van der Waals surface area contributed by atoms with E-state index in [0.717, 1.165) is 57.8 Å². The second kappa shape index (κ2) is 38.8. The Morgan fingerprint density at radius 2 is 0.879 bits per heavy atom. The standard InChI is InChI=1S/C51H92O15/c1-3-5-7-9-11-13-15-17-19-21-23-25-27-29-31-33-42(53)61-36-39(64-43(54)34-32-30-28-26-24-22-20-18-16-14-12-10-8-6-4-2)37-62-50-49(60)47(58)45(56)41(66-50)38-63-51-48(59)46(57)44(55)40(35-52)65-51/h9,11,14,16,39-41,44-52,55-60H,3-8,10,12-13,15,17-38H2,1-2H3/b11-9+,16-14+/t39-,40-,41-,44+,45+,46?,47?,48?,49?,50-,51-/m1/s1. The zero-order chi connectivity index (χ0) is 48.2. The Bertz CT molecular complexity index is 1250. The molecule has 0 saturated carbocycles. The van der Waals surface area contributed by atoms with Crippen LogP contribution < -0.4 is 0 Å². The van der Waals surface area contributed by atoms with Gasteiger partial charge < -0.3 is 64.2 Å². The number of hydrogen-bond donors (Lipinski definition) is 7. The number of rotatable bonds is 40. The molecule has 0 radical (unpaired) electrons. The smallest absolute Gasteiger partial charge is 0.306 e. The molecule has 0 bridgehead atoms. The van der Waals surface area contributed by atoms with Crippen LogP contribution in [-0.4, -0.2) is 142 Å². The van der Waals surface area contributed by atoms with Gasteiger partial charge in [-0.1, -0.05) is 147 Å². The second-order valence-electron chi connectivity index (χ2n) is 18.3. The minimum absolute atomic E-state index is 0.161. The van der Waals surface area contributed by atoms with E-state index in [-0.39, 0.29) is 26.1 Å². The van der Waals surface area contributed by atoms with E-state index in [9.17, 15) is 45.3 Å². The normalized spacial score (nSPS) is 26.3. The molecule has 0 aromatic carbocycles. The molecule has 0 amide bonds. The number of ether oxygens (including phenoxy) is 6. The molecule has 66 heavy (non-hydrogen) atoms. The fourth-order valence-corrected chi connectivity index (χ4v) is 8.07. The quantitative estimate of drug-likeness (QED) is 0.0184. The lowest BCUT2D eigenvalue weighted by atomic mass is 9.98. The maximum absolute atomic E-state index is 13.0. The molecule has 2 aliphatic rings. The van der Waals surface area contributed by atoms with E-state index in [4.69, 9.17) is 28.4 Å². The summed E-state index contributed by atoms with van der Waals surface area (Å²) >= 11 is 0. The van der Waals surface area contributed by atoms with Crippen LogP contribution in [0.2, 0.25) is 0 Å². The Morgan fingerprint density at radius 3 is 1.38 bits per heavy atom. The number of aliphatic hydroxyl groups excluding tert-OH is 7. The molecule has 7 N–H and O–H groups in total. The predicted molar refractivity (Wildman–Crippen MR) is 252 cm³/mol. The zero-order valence-electron chi connectivity index (χ0n) is 40.7. The van der Waals surface area contributed by atoms with Crippen molar-refractivity contribution in [3.8, 4) is 0 Å². The fourth-order valence-electron chi connectivity index (χ4n) is 8.07. The predicted octanol–water partition coefficient (Wildman–Crippen LogP) is 7.16. The molecule has 15 nitrogen and oxygen atoms in total. The Labute approximate surface area is 396 Å². The molecule has 2 rings (SSSR count). The third kappa shape index (κ3) is 26.7. The van der Waals surface area contributed by atoms with Gasteiger partial charge in [-0.25, -0.2) is 0 Å². The van der Waals surface area contributed by atoms with Gasteiger partial charge in [0.15, 0.2) is 18.7 Å². The van der Waals surface area contributed by atoms with Gasteiger partial charge in [0.1, 0.15) is 55.4 Å². The lowest BCUT2D eigenvalue weighted by Crippen LogP contribution is -2.61. The highest BCUT2D eigenvalue weighted by Gasteiger charge is 2.47. The first-order valence-electron chi connectivity index (χ1n) is 25.9. The summed E-state index contributed by atoms with van der Waals surface area (Å²) in [6.07, 6.45) is 22.0. The van der Waals surface area contributed by atoms with Crippen molar-refractivity contribution in [2.24, 2.45) is 0 Å². The molecule has 2 saturated heterocycles. The van der Waals surface area contributed by atoms with Gasteiger partial charge in [0.05, 0.1) is 19.8 Å². The highest BCUT2D eigenvalue weighted by molar-refractivity contribution is 5.70. The van der Waals surface area contributed by atoms with Crippen molar-refractivity contribution in [1.29, 1.82) is 0 Å². The molecule has 15 heteroatoms. The van der Waals surface area contributed by atoms with Crippen molar-refractivity contribution in [2.75, 3.05) is 26.4 Å². The van der Waals surface area contributed by atoms with Gasteiger partial charge in [-0.3, -0.25) is 9.59 Å². The number of esters is 2. The van der Waals surface area contributed by atoms with Crippen LogP contribution >= 0.6 is 0 Å². The maximum atomic E-state index is 13.0. The van der Waals surface area contributed by atoms with Crippen LogP contribution in [0.15, 0.2) is 24.3 Å². The minimum atomic E-state index is -1.76. The summed E-state index contributed by atoms with van der Waals surface area (Å²) in [4.78, 5) is 25.8. The summed E-state index contributed by atoms with van der Waals surface area (Å²) in [7, 11) is 0. The molecule has 0 aromatic heterocycles. The average Bonchev–Trinajstić information content (AvgIpc) is 3.31. The van der Waals surface area contributed by atoms with Crippen LogP contribution in [0, 0.1) is 0 Å². The van der Waals surface area contributed by atoms with Crippen LogP contribution in [0.4, 0.5) is 0 Å². The van der Waals surface area contributed by atoms with Crippen molar-refractivity contribution < 1.29 is 73.8 Å². The first kappa shape index (κ1) is 60.1. The number of aliphatic hydroxyl groups is 7. The molecule has 0 aliphatic carbocycles. The van der Waals surface area contributed by atoms with Gasteiger partial charge in [0.2, 0.25) is 0 Å². The van der Waals surface area contributed by atoms with Crippen LogP contribution in [-0.2, 0) is 38.0 Å². The van der Waals surface area contributed by atoms with E-state index in [1.54, 1.807) is 0 Å². The van der Waals surface area contributed by atoms with Crippen molar-refractivity contribution in [3.05, 3.63) is 24.3 Å². The van der Waals surface area contributed by atoms with E-state index in [1.165, 1.54) is 96.3 Å². The number of hydrogen-bond acceptors (Lipinski definition) is 15. The van der Waals surface area contributed by atoms with Crippen molar-refractivity contribution >= 4 is 11.9 Å². The molecular weight excluding hydrogens is 853 g/mol. The first-order valence-corrected chi connectivity index (χ1v) is 25.9. The third-order valence-electron chi connectivity index (χ3n) is 12.4. The molecule has 11 atom stereocenters. The molecule has 2 heterocycles. The molecule has 2 fully saturated rings. The lowest BCUT2D eigenvalue weighted by Gasteiger charge is -2.42. The monoisotopic (exact) mass is 945 g/mol. The molecule has 4 unspecified atom stereocenters. The fraction of sp³-hybridized carbons (Fsp3) is 0.882. The first-order chi connectivity index (χ1) is 32.0. The van der Waals surface area contributed by atoms with Crippen LogP contribution in [0.5, 0.6) is 0 Å². The summed E-state index contributed by atoms with van der Waals surface area (Å²) in [6, 6.07) is 0. The van der Waals surface area contributed by atoms with E-state index >= 15 is 0 Å². The van der Waals surface area contributed by atoms with Crippen molar-refractivity contribution in [1.82, 2.24) is 0 Å². The topological polar surface area (TPSA) is 231 Å². The minimum Gasteiger partial charge on any atom is -0.462 e. The second-order valence-corrected chi connectivity index (χ2v) is 18.3. The molecule has 2 aliphatic heterocycles. The zero-order valence-corrected chi connectivity index (χ0v) is 40.7. The number of allylic oxidation sites excluding steroid dienone is 4. The molecular formula is C51H92O15. The molecule has 386 valence electrons. The number of carbonyl (C=O) groups excluding carboxylic acids is 2. The van der Waals surface area contributed by atoms with E-state index < -0.39 is 92.7 Å². The van der Waals surface area contributed by atoms with Crippen LogP contribution in [0.25, 0.3) is 0 Å². The Balaban J connectivity index is 1.81. The summed E-state index contributed by atoms with van der Waals surface area (Å²) < 4.78 is 33.6. The van der Waals surface area contributed by atoms with Gasteiger partial charge in [-0.05, 0) is 57.8 Å². The van der Waals surface area contributed by atoms with Gasteiger partial charge in [0.25, 0.3) is 0 Å². The Kier molecular flexibility index (Phi) is 35.3. The molecule has 0 spiro atoms. The van der Waals surface area contributed by atoms with Crippen molar-refractivity contribution in [2.45, 2.75) is 261 Å².